The zero-order valence-electron chi connectivity index (χ0n) is 10.8. The van der Waals surface area contributed by atoms with E-state index in [9.17, 15) is 4.79 Å². The Kier molecular flexibility index (Phi) is 3.91. The van der Waals surface area contributed by atoms with Crippen molar-refractivity contribution in [1.29, 1.82) is 5.26 Å². The number of piperidine rings is 1. The minimum absolute atomic E-state index is 0.233. The van der Waals surface area contributed by atoms with Crippen LogP contribution in [0.2, 0.25) is 0 Å². The Morgan fingerprint density at radius 3 is 2.68 bits per heavy atom. The van der Waals surface area contributed by atoms with Crippen molar-refractivity contribution in [3.8, 4) is 6.07 Å². The molecule has 4 N–H and O–H groups in total. The maximum absolute atomic E-state index is 10.9. The van der Waals surface area contributed by atoms with E-state index < -0.39 is 0 Å². The Morgan fingerprint density at radius 1 is 1.42 bits per heavy atom. The van der Waals surface area contributed by atoms with Crippen LogP contribution in [0.5, 0.6) is 0 Å². The fourth-order valence-electron chi connectivity index (χ4n) is 2.58. The van der Waals surface area contributed by atoms with Crippen LogP contribution in [0.3, 0.4) is 0 Å². The van der Waals surface area contributed by atoms with Gasteiger partial charge in [0.2, 0.25) is 5.91 Å². The molecule has 1 fully saturated rings. The smallest absolute Gasteiger partial charge is 0.217 e. The molecule has 1 aromatic rings. The van der Waals surface area contributed by atoms with E-state index in [0.717, 1.165) is 31.6 Å². The molecule has 2 rings (SSSR count). The summed E-state index contributed by atoms with van der Waals surface area (Å²) in [6.07, 6.45) is 2.32. The van der Waals surface area contributed by atoms with Gasteiger partial charge in [-0.15, -0.1) is 0 Å². The van der Waals surface area contributed by atoms with Crippen LogP contribution < -0.4 is 16.4 Å². The lowest BCUT2D eigenvalue weighted by Crippen LogP contribution is -2.35. The summed E-state index contributed by atoms with van der Waals surface area (Å²) in [4.78, 5) is 13.1. The second kappa shape index (κ2) is 5.61. The monoisotopic (exact) mass is 258 g/mol. The van der Waals surface area contributed by atoms with Crippen molar-refractivity contribution in [2.75, 3.05) is 23.7 Å². The maximum Gasteiger partial charge on any atom is 0.217 e. The van der Waals surface area contributed by atoms with E-state index in [1.807, 2.05) is 12.1 Å². The molecule has 1 amide bonds. The molecule has 0 unspecified atom stereocenters. The van der Waals surface area contributed by atoms with Gasteiger partial charge in [-0.3, -0.25) is 4.79 Å². The van der Waals surface area contributed by atoms with Crippen LogP contribution in [0.4, 0.5) is 11.4 Å². The van der Waals surface area contributed by atoms with E-state index in [-0.39, 0.29) is 5.91 Å². The zero-order valence-corrected chi connectivity index (χ0v) is 10.8. The summed E-state index contributed by atoms with van der Waals surface area (Å²) < 4.78 is 0. The summed E-state index contributed by atoms with van der Waals surface area (Å²) in [5, 5.41) is 9.15. The lowest BCUT2D eigenvalue weighted by atomic mass is 9.92. The third-order valence-corrected chi connectivity index (χ3v) is 3.59. The molecular weight excluding hydrogens is 240 g/mol. The Morgan fingerprint density at radius 2 is 2.11 bits per heavy atom. The quantitative estimate of drug-likeness (QED) is 0.797. The number of hydrogen-bond acceptors (Lipinski definition) is 4. The van der Waals surface area contributed by atoms with Crippen molar-refractivity contribution in [3.05, 3.63) is 23.8 Å². The first-order chi connectivity index (χ1) is 9.10. The third kappa shape index (κ3) is 3.16. The molecule has 0 atom stereocenters. The number of rotatable bonds is 3. The molecule has 0 spiro atoms. The molecule has 0 aromatic heterocycles. The first-order valence-corrected chi connectivity index (χ1v) is 6.43. The van der Waals surface area contributed by atoms with Gasteiger partial charge in [0.1, 0.15) is 6.07 Å². The number of nitriles is 1. The van der Waals surface area contributed by atoms with Gasteiger partial charge in [-0.05, 0) is 37.0 Å². The van der Waals surface area contributed by atoms with Gasteiger partial charge in [-0.25, -0.2) is 0 Å². The zero-order chi connectivity index (χ0) is 13.8. The molecule has 5 nitrogen and oxygen atoms in total. The molecule has 100 valence electrons. The van der Waals surface area contributed by atoms with Gasteiger partial charge in [-0.2, -0.15) is 5.26 Å². The fraction of sp³-hybridized carbons (Fsp3) is 0.429. The standard InChI is InChI=1S/C14H18N4O/c15-9-11-8-12(16)1-2-13(11)18-5-3-10(4-6-18)7-14(17)19/h1-2,8,10H,3-7,16H2,(H2,17,19). The molecule has 1 aromatic carbocycles. The summed E-state index contributed by atoms with van der Waals surface area (Å²) in [6.45, 7) is 1.69. The Labute approximate surface area is 112 Å². The third-order valence-electron chi connectivity index (χ3n) is 3.59. The molecule has 0 saturated carbocycles. The summed E-state index contributed by atoms with van der Waals surface area (Å²) in [5.41, 5.74) is 13.0. The van der Waals surface area contributed by atoms with Crippen molar-refractivity contribution in [2.45, 2.75) is 19.3 Å². The largest absolute Gasteiger partial charge is 0.399 e. The summed E-state index contributed by atoms with van der Waals surface area (Å²) in [6, 6.07) is 7.58. The van der Waals surface area contributed by atoms with E-state index in [2.05, 4.69) is 11.0 Å². The second-order valence-electron chi connectivity index (χ2n) is 4.99. The van der Waals surface area contributed by atoms with E-state index in [1.165, 1.54) is 0 Å². The average molecular weight is 258 g/mol. The van der Waals surface area contributed by atoms with Crippen LogP contribution in [0.1, 0.15) is 24.8 Å². The van der Waals surface area contributed by atoms with Crippen molar-refractivity contribution in [2.24, 2.45) is 11.7 Å². The van der Waals surface area contributed by atoms with E-state index in [4.69, 9.17) is 16.7 Å². The summed E-state index contributed by atoms with van der Waals surface area (Å²) in [7, 11) is 0. The molecule has 19 heavy (non-hydrogen) atoms. The SMILES string of the molecule is N#Cc1cc(N)ccc1N1CCC(CC(N)=O)CC1. The van der Waals surface area contributed by atoms with Crippen molar-refractivity contribution < 1.29 is 4.79 Å². The topological polar surface area (TPSA) is 96.1 Å². The number of benzene rings is 1. The molecule has 5 heteroatoms. The first kappa shape index (κ1) is 13.2. The van der Waals surface area contributed by atoms with Gasteiger partial charge in [0.15, 0.2) is 0 Å². The van der Waals surface area contributed by atoms with Crippen molar-refractivity contribution in [3.63, 3.8) is 0 Å². The average Bonchev–Trinajstić information content (AvgIpc) is 2.39. The molecular formula is C14H18N4O. The van der Waals surface area contributed by atoms with Crippen LogP contribution in [-0.4, -0.2) is 19.0 Å². The number of primary amides is 1. The minimum atomic E-state index is -0.233. The van der Waals surface area contributed by atoms with Crippen LogP contribution in [0.25, 0.3) is 0 Å². The van der Waals surface area contributed by atoms with Gasteiger partial charge in [0.25, 0.3) is 0 Å². The molecule has 1 heterocycles. The Bertz CT molecular complexity index is 513. The maximum atomic E-state index is 10.9. The predicted octanol–water partition coefficient (Wildman–Crippen LogP) is 1.23. The highest BCUT2D eigenvalue weighted by atomic mass is 16.1. The predicted molar refractivity (Wildman–Crippen MR) is 74.3 cm³/mol. The van der Waals surface area contributed by atoms with Gasteiger partial charge in [-0.1, -0.05) is 0 Å². The molecule has 0 radical (unpaired) electrons. The van der Waals surface area contributed by atoms with E-state index >= 15 is 0 Å². The minimum Gasteiger partial charge on any atom is -0.399 e. The van der Waals surface area contributed by atoms with E-state index in [1.54, 1.807) is 6.07 Å². The number of hydrogen-bond donors (Lipinski definition) is 2. The number of carbonyl (C=O) groups is 1. The normalized spacial score (nSPS) is 16.1. The lowest BCUT2D eigenvalue weighted by Gasteiger charge is -2.33. The lowest BCUT2D eigenvalue weighted by molar-refractivity contribution is -0.119. The van der Waals surface area contributed by atoms with Gasteiger partial charge in [0.05, 0.1) is 11.3 Å². The number of amides is 1. The summed E-state index contributed by atoms with van der Waals surface area (Å²) in [5.74, 6) is 0.136. The second-order valence-corrected chi connectivity index (χ2v) is 4.99. The molecule has 1 saturated heterocycles. The molecule has 0 aliphatic carbocycles. The molecule has 1 aliphatic heterocycles. The van der Waals surface area contributed by atoms with E-state index in [0.29, 0.717) is 23.6 Å². The summed E-state index contributed by atoms with van der Waals surface area (Å²) >= 11 is 0. The van der Waals surface area contributed by atoms with Crippen molar-refractivity contribution >= 4 is 17.3 Å². The van der Waals surface area contributed by atoms with Crippen LogP contribution in [0.15, 0.2) is 18.2 Å². The Hall–Kier alpha value is -2.22. The number of nitrogens with two attached hydrogens (primary N) is 2. The van der Waals surface area contributed by atoms with Crippen LogP contribution in [-0.2, 0) is 4.79 Å². The van der Waals surface area contributed by atoms with Crippen LogP contribution in [0, 0.1) is 17.2 Å². The van der Waals surface area contributed by atoms with Gasteiger partial charge < -0.3 is 16.4 Å². The van der Waals surface area contributed by atoms with Crippen molar-refractivity contribution in [1.82, 2.24) is 0 Å². The van der Waals surface area contributed by atoms with Crippen LogP contribution >= 0.6 is 0 Å². The Balaban J connectivity index is 2.06. The first-order valence-electron chi connectivity index (χ1n) is 6.43. The number of nitrogens with zero attached hydrogens (tertiary/aromatic N) is 2. The van der Waals surface area contributed by atoms with Gasteiger partial charge >= 0.3 is 0 Å². The highest BCUT2D eigenvalue weighted by molar-refractivity contribution is 5.74. The molecule has 0 bridgehead atoms. The molecule has 1 aliphatic rings. The fourth-order valence-corrected chi connectivity index (χ4v) is 2.58. The van der Waals surface area contributed by atoms with Gasteiger partial charge in [0, 0.05) is 25.2 Å². The number of nitrogen functional groups attached to an aromatic ring is 1. The highest BCUT2D eigenvalue weighted by Crippen LogP contribution is 2.28. The number of anilines is 2. The highest BCUT2D eigenvalue weighted by Gasteiger charge is 2.22. The number of carbonyl (C=O) groups excluding carboxylic acids is 1.